The van der Waals surface area contributed by atoms with Crippen LogP contribution in [0.5, 0.6) is 5.75 Å². The van der Waals surface area contributed by atoms with E-state index < -0.39 is 10.0 Å². The predicted molar refractivity (Wildman–Crippen MR) is 93.9 cm³/mol. The third-order valence-electron chi connectivity index (χ3n) is 4.12. The molecule has 2 heterocycles. The maximum Gasteiger partial charge on any atom is 0.243 e. The van der Waals surface area contributed by atoms with Gasteiger partial charge in [-0.05, 0) is 37.1 Å². The first-order chi connectivity index (χ1) is 12.2. The van der Waals surface area contributed by atoms with E-state index in [1.54, 1.807) is 36.7 Å². The highest BCUT2D eigenvalue weighted by atomic mass is 32.2. The third-order valence-corrected chi connectivity index (χ3v) is 6.03. The maximum absolute atomic E-state index is 12.6. The van der Waals surface area contributed by atoms with Gasteiger partial charge in [-0.1, -0.05) is 18.2 Å². The topological polar surface area (TPSA) is 68.7 Å². The summed E-state index contributed by atoms with van der Waals surface area (Å²) < 4.78 is 38.0. The molecule has 7 heteroatoms. The summed E-state index contributed by atoms with van der Waals surface area (Å²) in [5.41, 5.74) is 0. The Balaban J connectivity index is 1.41. The average molecular weight is 362 g/mol. The minimum absolute atomic E-state index is 0.0692. The zero-order valence-electron chi connectivity index (χ0n) is 14.0. The SMILES string of the molecule is O=S(=O)(c1ccccc1)N1CCC(OCCOc2cccnc2)CC1. The number of nitrogens with zero attached hydrogens (tertiary/aromatic N) is 2. The second-order valence-corrected chi connectivity index (χ2v) is 7.76. The highest BCUT2D eigenvalue weighted by Gasteiger charge is 2.29. The quantitative estimate of drug-likeness (QED) is 0.707. The fraction of sp³-hybridized carbons (Fsp3) is 0.389. The van der Waals surface area contributed by atoms with Crippen molar-refractivity contribution >= 4 is 10.0 Å². The molecule has 0 atom stereocenters. The summed E-state index contributed by atoms with van der Waals surface area (Å²) in [5, 5.41) is 0. The molecule has 0 spiro atoms. The molecule has 1 aliphatic heterocycles. The van der Waals surface area contributed by atoms with Crippen molar-refractivity contribution in [2.24, 2.45) is 0 Å². The maximum atomic E-state index is 12.6. The Morgan fingerprint density at radius 2 is 1.80 bits per heavy atom. The zero-order chi connectivity index (χ0) is 17.5. The van der Waals surface area contributed by atoms with Crippen LogP contribution in [0.4, 0.5) is 0 Å². The Bertz CT molecular complexity index is 745. The molecule has 3 rings (SSSR count). The molecule has 6 nitrogen and oxygen atoms in total. The number of ether oxygens (including phenoxy) is 2. The Morgan fingerprint density at radius 1 is 1.04 bits per heavy atom. The number of pyridine rings is 1. The summed E-state index contributed by atoms with van der Waals surface area (Å²) in [7, 11) is -3.40. The predicted octanol–water partition coefficient (Wildman–Crippen LogP) is 2.33. The number of benzene rings is 1. The van der Waals surface area contributed by atoms with Gasteiger partial charge < -0.3 is 9.47 Å². The van der Waals surface area contributed by atoms with Gasteiger partial charge in [0, 0.05) is 19.3 Å². The summed E-state index contributed by atoms with van der Waals surface area (Å²) >= 11 is 0. The van der Waals surface area contributed by atoms with Crippen LogP contribution in [-0.2, 0) is 14.8 Å². The Kier molecular flexibility index (Phi) is 6.01. The number of aromatic nitrogens is 1. The van der Waals surface area contributed by atoms with Crippen molar-refractivity contribution in [2.75, 3.05) is 26.3 Å². The van der Waals surface area contributed by atoms with E-state index in [9.17, 15) is 8.42 Å². The number of rotatable bonds is 7. The highest BCUT2D eigenvalue weighted by Crippen LogP contribution is 2.21. The summed E-state index contributed by atoms with van der Waals surface area (Å²) in [6, 6.07) is 12.2. The zero-order valence-corrected chi connectivity index (χ0v) is 14.8. The third kappa shape index (κ3) is 4.78. The molecule has 1 aromatic carbocycles. The van der Waals surface area contributed by atoms with Crippen LogP contribution in [0, 0.1) is 0 Å². The van der Waals surface area contributed by atoms with Crippen molar-refractivity contribution in [3.8, 4) is 5.75 Å². The lowest BCUT2D eigenvalue weighted by Crippen LogP contribution is -2.41. The fourth-order valence-corrected chi connectivity index (χ4v) is 4.28. The van der Waals surface area contributed by atoms with Crippen LogP contribution in [0.25, 0.3) is 0 Å². The van der Waals surface area contributed by atoms with Crippen LogP contribution in [0.3, 0.4) is 0 Å². The molecule has 25 heavy (non-hydrogen) atoms. The molecule has 0 unspecified atom stereocenters. The van der Waals surface area contributed by atoms with Gasteiger partial charge >= 0.3 is 0 Å². The van der Waals surface area contributed by atoms with Crippen molar-refractivity contribution in [1.82, 2.24) is 9.29 Å². The molecule has 1 saturated heterocycles. The van der Waals surface area contributed by atoms with Gasteiger partial charge in [0.05, 0.1) is 23.8 Å². The van der Waals surface area contributed by atoms with E-state index in [1.165, 1.54) is 4.31 Å². The van der Waals surface area contributed by atoms with Gasteiger partial charge in [0.1, 0.15) is 12.4 Å². The standard InChI is InChI=1S/C18H22N2O4S/c21-25(22,18-6-2-1-3-7-18)20-11-8-16(9-12-20)23-13-14-24-17-5-4-10-19-15-17/h1-7,10,15-16H,8-9,11-14H2. The number of sulfonamides is 1. The molecule has 134 valence electrons. The molecule has 1 aliphatic rings. The van der Waals surface area contributed by atoms with E-state index in [0.717, 1.165) is 5.75 Å². The lowest BCUT2D eigenvalue weighted by molar-refractivity contribution is 0.00696. The van der Waals surface area contributed by atoms with Crippen molar-refractivity contribution in [3.63, 3.8) is 0 Å². The van der Waals surface area contributed by atoms with Crippen molar-refractivity contribution < 1.29 is 17.9 Å². The van der Waals surface area contributed by atoms with E-state index in [0.29, 0.717) is 44.0 Å². The average Bonchev–Trinajstić information content (AvgIpc) is 2.67. The van der Waals surface area contributed by atoms with Crippen molar-refractivity contribution in [2.45, 2.75) is 23.8 Å². The van der Waals surface area contributed by atoms with Crippen LogP contribution in [0.1, 0.15) is 12.8 Å². The Morgan fingerprint density at radius 3 is 2.48 bits per heavy atom. The molecular formula is C18H22N2O4S. The van der Waals surface area contributed by atoms with Gasteiger partial charge in [-0.15, -0.1) is 0 Å². The highest BCUT2D eigenvalue weighted by molar-refractivity contribution is 7.89. The van der Waals surface area contributed by atoms with Crippen LogP contribution >= 0.6 is 0 Å². The first-order valence-corrected chi connectivity index (χ1v) is 9.80. The van der Waals surface area contributed by atoms with Gasteiger partial charge in [0.15, 0.2) is 0 Å². The summed E-state index contributed by atoms with van der Waals surface area (Å²) in [6.07, 6.45) is 4.81. The normalized spacial score (nSPS) is 16.6. The van der Waals surface area contributed by atoms with Gasteiger partial charge in [-0.2, -0.15) is 4.31 Å². The molecule has 1 aromatic heterocycles. The van der Waals surface area contributed by atoms with Crippen LogP contribution in [0.2, 0.25) is 0 Å². The lowest BCUT2D eigenvalue weighted by Gasteiger charge is -2.31. The van der Waals surface area contributed by atoms with Gasteiger partial charge in [-0.3, -0.25) is 4.98 Å². The minimum atomic E-state index is -3.40. The van der Waals surface area contributed by atoms with Gasteiger partial charge in [0.25, 0.3) is 0 Å². The lowest BCUT2D eigenvalue weighted by atomic mass is 10.1. The monoisotopic (exact) mass is 362 g/mol. The first kappa shape index (κ1) is 17.8. The number of hydrogen-bond donors (Lipinski definition) is 0. The smallest absolute Gasteiger partial charge is 0.243 e. The molecule has 0 radical (unpaired) electrons. The number of hydrogen-bond acceptors (Lipinski definition) is 5. The Labute approximate surface area is 148 Å². The second-order valence-electron chi connectivity index (χ2n) is 5.82. The van der Waals surface area contributed by atoms with Crippen LogP contribution in [0.15, 0.2) is 59.8 Å². The molecule has 0 amide bonds. The second kappa shape index (κ2) is 8.42. The summed E-state index contributed by atoms with van der Waals surface area (Å²) in [6.45, 7) is 1.88. The minimum Gasteiger partial charge on any atom is -0.490 e. The first-order valence-electron chi connectivity index (χ1n) is 8.36. The molecule has 0 N–H and O–H groups in total. The molecule has 2 aromatic rings. The molecular weight excluding hydrogens is 340 g/mol. The molecule has 1 fully saturated rings. The van der Waals surface area contributed by atoms with E-state index in [2.05, 4.69) is 4.98 Å². The largest absolute Gasteiger partial charge is 0.490 e. The van der Waals surface area contributed by atoms with Crippen molar-refractivity contribution in [1.29, 1.82) is 0 Å². The van der Waals surface area contributed by atoms with E-state index in [4.69, 9.17) is 9.47 Å². The molecule has 0 saturated carbocycles. The van der Waals surface area contributed by atoms with Gasteiger partial charge in [0.2, 0.25) is 10.0 Å². The van der Waals surface area contributed by atoms with Crippen LogP contribution < -0.4 is 4.74 Å². The van der Waals surface area contributed by atoms with Crippen LogP contribution in [-0.4, -0.2) is 50.1 Å². The van der Waals surface area contributed by atoms with E-state index >= 15 is 0 Å². The molecule has 0 aliphatic carbocycles. The van der Waals surface area contributed by atoms with E-state index in [-0.39, 0.29) is 6.10 Å². The Hall–Kier alpha value is -1.96. The van der Waals surface area contributed by atoms with E-state index in [1.807, 2.05) is 18.2 Å². The molecule has 0 bridgehead atoms. The summed E-state index contributed by atoms with van der Waals surface area (Å²) in [4.78, 5) is 4.33. The van der Waals surface area contributed by atoms with Crippen molar-refractivity contribution in [3.05, 3.63) is 54.9 Å². The summed E-state index contributed by atoms with van der Waals surface area (Å²) in [5.74, 6) is 0.717. The number of piperidine rings is 1. The fourth-order valence-electron chi connectivity index (χ4n) is 2.79. The van der Waals surface area contributed by atoms with Gasteiger partial charge in [-0.25, -0.2) is 8.42 Å².